The molecule has 0 fully saturated rings. The Morgan fingerprint density at radius 1 is 1.40 bits per heavy atom. The summed E-state index contributed by atoms with van der Waals surface area (Å²) < 4.78 is 9.71. The monoisotopic (exact) mass is 295 g/mol. The summed E-state index contributed by atoms with van der Waals surface area (Å²) in [6, 6.07) is 1.65. The first-order valence-corrected chi connectivity index (χ1v) is 6.83. The van der Waals surface area contributed by atoms with Crippen LogP contribution in [0, 0.1) is 11.8 Å². The zero-order chi connectivity index (χ0) is 15.2. The molecule has 0 bridgehead atoms. The largest absolute Gasteiger partial charge is 0.465 e. The molecule has 5 nitrogen and oxygen atoms in total. The summed E-state index contributed by atoms with van der Waals surface area (Å²) in [6.45, 7) is 5.50. The van der Waals surface area contributed by atoms with Gasteiger partial charge in [0.05, 0.1) is 24.1 Å². The smallest absolute Gasteiger partial charge is 0.408 e. The molecule has 6 heteroatoms. The van der Waals surface area contributed by atoms with Gasteiger partial charge in [-0.2, -0.15) is 0 Å². The molecule has 1 rings (SSSR count). The third-order valence-electron chi connectivity index (χ3n) is 1.99. The molecule has 0 aliphatic heterocycles. The van der Waals surface area contributed by atoms with E-state index in [0.29, 0.717) is 10.4 Å². The second kappa shape index (κ2) is 6.96. The zero-order valence-corrected chi connectivity index (χ0v) is 12.7. The first-order chi connectivity index (χ1) is 9.33. The van der Waals surface area contributed by atoms with Crippen LogP contribution in [-0.4, -0.2) is 31.3 Å². The van der Waals surface area contributed by atoms with Gasteiger partial charge in [-0.1, -0.05) is 11.8 Å². The summed E-state index contributed by atoms with van der Waals surface area (Å²) in [4.78, 5) is 23.4. The summed E-state index contributed by atoms with van der Waals surface area (Å²) in [5, 5.41) is 4.28. The topological polar surface area (TPSA) is 64.6 Å². The number of methoxy groups -OCH3 is 1. The molecule has 108 valence electrons. The number of amides is 1. The van der Waals surface area contributed by atoms with Crippen LogP contribution in [0.3, 0.4) is 0 Å². The van der Waals surface area contributed by atoms with E-state index in [1.807, 2.05) is 0 Å². The van der Waals surface area contributed by atoms with Gasteiger partial charge >= 0.3 is 12.1 Å². The van der Waals surface area contributed by atoms with Gasteiger partial charge in [0.1, 0.15) is 5.60 Å². The minimum atomic E-state index is -0.538. The van der Waals surface area contributed by atoms with Gasteiger partial charge in [0.25, 0.3) is 0 Å². The van der Waals surface area contributed by atoms with E-state index >= 15 is 0 Å². The van der Waals surface area contributed by atoms with Crippen molar-refractivity contribution in [1.29, 1.82) is 0 Å². The van der Waals surface area contributed by atoms with Crippen LogP contribution >= 0.6 is 11.3 Å². The number of esters is 1. The van der Waals surface area contributed by atoms with E-state index in [0.717, 1.165) is 0 Å². The maximum absolute atomic E-state index is 11.4. The van der Waals surface area contributed by atoms with E-state index in [4.69, 9.17) is 4.74 Å². The molecule has 0 saturated heterocycles. The molecule has 0 aliphatic rings. The molecule has 1 aromatic heterocycles. The Morgan fingerprint density at radius 3 is 2.70 bits per heavy atom. The molecule has 0 aromatic carbocycles. The second-order valence-corrected chi connectivity index (χ2v) is 5.73. The molecule has 0 spiro atoms. The zero-order valence-electron chi connectivity index (χ0n) is 11.9. The van der Waals surface area contributed by atoms with Crippen LogP contribution in [0.2, 0.25) is 0 Å². The first kappa shape index (κ1) is 16.1. The third-order valence-corrected chi connectivity index (χ3v) is 2.82. The number of nitrogens with one attached hydrogen (secondary N) is 1. The molecule has 1 heterocycles. The molecular formula is C14H17NO4S. The van der Waals surface area contributed by atoms with Gasteiger partial charge in [-0.25, -0.2) is 9.59 Å². The van der Waals surface area contributed by atoms with Crippen molar-refractivity contribution in [3.8, 4) is 11.8 Å². The molecule has 0 radical (unpaired) electrons. The molecule has 0 aliphatic carbocycles. The van der Waals surface area contributed by atoms with E-state index in [9.17, 15) is 9.59 Å². The second-order valence-electron chi connectivity index (χ2n) is 4.81. The Hall–Kier alpha value is -2.00. The van der Waals surface area contributed by atoms with Gasteiger partial charge in [-0.3, -0.25) is 0 Å². The standard InChI is InChI=1S/C14H17NO4S/c1-14(2,3)19-13(17)15-8-5-6-11-10(7-9-20-11)12(16)18-4/h7,9H,8H2,1-4H3,(H,15,17). The summed E-state index contributed by atoms with van der Waals surface area (Å²) in [5.41, 5.74) is -0.106. The molecule has 0 saturated carbocycles. The third kappa shape index (κ3) is 5.33. The normalized spacial score (nSPS) is 10.2. The van der Waals surface area contributed by atoms with Crippen LogP contribution < -0.4 is 5.32 Å². The molecule has 0 atom stereocenters. The van der Waals surface area contributed by atoms with Crippen molar-refractivity contribution in [1.82, 2.24) is 5.32 Å². The Bertz CT molecular complexity index is 546. The van der Waals surface area contributed by atoms with E-state index in [-0.39, 0.29) is 6.54 Å². The summed E-state index contributed by atoms with van der Waals surface area (Å²) in [6.07, 6.45) is -0.522. The van der Waals surface area contributed by atoms with Crippen molar-refractivity contribution in [2.45, 2.75) is 26.4 Å². The predicted molar refractivity (Wildman–Crippen MR) is 76.8 cm³/mol. The predicted octanol–water partition coefficient (Wildman–Crippen LogP) is 2.41. The van der Waals surface area contributed by atoms with Gasteiger partial charge in [-0.15, -0.1) is 11.3 Å². The van der Waals surface area contributed by atoms with Gasteiger partial charge < -0.3 is 14.8 Å². The van der Waals surface area contributed by atoms with Crippen LogP contribution in [0.15, 0.2) is 11.4 Å². The van der Waals surface area contributed by atoms with Crippen LogP contribution in [0.4, 0.5) is 4.79 Å². The van der Waals surface area contributed by atoms with Crippen LogP contribution in [0.5, 0.6) is 0 Å². The molecule has 0 unspecified atom stereocenters. The first-order valence-electron chi connectivity index (χ1n) is 5.95. The quantitative estimate of drug-likeness (QED) is 0.672. The number of ether oxygens (including phenoxy) is 2. The van der Waals surface area contributed by atoms with Gasteiger partial charge in [0.2, 0.25) is 0 Å². The van der Waals surface area contributed by atoms with Crippen molar-refractivity contribution in [3.05, 3.63) is 21.9 Å². The SMILES string of the molecule is COC(=O)c1ccsc1C#CCNC(=O)OC(C)(C)C. The highest BCUT2D eigenvalue weighted by Crippen LogP contribution is 2.16. The van der Waals surface area contributed by atoms with E-state index in [1.54, 1.807) is 32.2 Å². The highest BCUT2D eigenvalue weighted by atomic mass is 32.1. The van der Waals surface area contributed by atoms with Gasteiger partial charge in [0, 0.05) is 0 Å². The van der Waals surface area contributed by atoms with Gasteiger partial charge in [-0.05, 0) is 32.2 Å². The molecule has 1 amide bonds. The average Bonchev–Trinajstić information content (AvgIpc) is 2.79. The van der Waals surface area contributed by atoms with E-state index in [2.05, 4.69) is 21.9 Å². The lowest BCUT2D eigenvalue weighted by atomic mass is 10.2. The average molecular weight is 295 g/mol. The lowest BCUT2D eigenvalue weighted by molar-refractivity contribution is 0.0533. The highest BCUT2D eigenvalue weighted by molar-refractivity contribution is 7.10. The van der Waals surface area contributed by atoms with Crippen molar-refractivity contribution < 1.29 is 19.1 Å². The number of carbonyl (C=O) groups excluding carboxylic acids is 2. The maximum atomic E-state index is 11.4. The minimum Gasteiger partial charge on any atom is -0.465 e. The minimum absolute atomic E-state index is 0.146. The number of hydrogen-bond acceptors (Lipinski definition) is 5. The molecule has 20 heavy (non-hydrogen) atoms. The van der Waals surface area contributed by atoms with Crippen LogP contribution in [-0.2, 0) is 9.47 Å². The summed E-state index contributed by atoms with van der Waals surface area (Å²) >= 11 is 1.34. The number of carbonyl (C=O) groups is 2. The Morgan fingerprint density at radius 2 is 2.10 bits per heavy atom. The van der Waals surface area contributed by atoms with Crippen molar-refractivity contribution in [2.75, 3.05) is 13.7 Å². The highest BCUT2D eigenvalue weighted by Gasteiger charge is 2.15. The van der Waals surface area contributed by atoms with Crippen molar-refractivity contribution in [3.63, 3.8) is 0 Å². The molecule has 1 aromatic rings. The van der Waals surface area contributed by atoms with Crippen molar-refractivity contribution >= 4 is 23.4 Å². The Kier molecular flexibility index (Phi) is 5.59. The molecule has 1 N–H and O–H groups in total. The lowest BCUT2D eigenvalue weighted by Gasteiger charge is -2.18. The fraction of sp³-hybridized carbons (Fsp3) is 0.429. The number of alkyl carbamates (subject to hydrolysis) is 1. The van der Waals surface area contributed by atoms with Crippen molar-refractivity contribution in [2.24, 2.45) is 0 Å². The lowest BCUT2D eigenvalue weighted by Crippen LogP contribution is -2.32. The van der Waals surface area contributed by atoms with E-state index < -0.39 is 17.7 Å². The maximum Gasteiger partial charge on any atom is 0.408 e. The number of rotatable bonds is 2. The molecular weight excluding hydrogens is 278 g/mol. The number of hydrogen-bond donors (Lipinski definition) is 1. The fourth-order valence-corrected chi connectivity index (χ4v) is 1.98. The van der Waals surface area contributed by atoms with E-state index in [1.165, 1.54) is 18.4 Å². The summed E-state index contributed by atoms with van der Waals surface area (Å²) in [7, 11) is 1.32. The van der Waals surface area contributed by atoms with Crippen LogP contribution in [0.25, 0.3) is 0 Å². The summed E-state index contributed by atoms with van der Waals surface area (Å²) in [5.74, 6) is 5.17. The fourth-order valence-electron chi connectivity index (χ4n) is 1.23. The van der Waals surface area contributed by atoms with Crippen LogP contribution in [0.1, 0.15) is 36.0 Å². The van der Waals surface area contributed by atoms with Gasteiger partial charge in [0.15, 0.2) is 0 Å². The Labute approximate surface area is 122 Å². The number of thiophene rings is 1. The Balaban J connectivity index is 2.54.